The van der Waals surface area contributed by atoms with Gasteiger partial charge in [-0.2, -0.15) is 0 Å². The van der Waals surface area contributed by atoms with Gasteiger partial charge in [-0.3, -0.25) is 0 Å². The van der Waals surface area contributed by atoms with Crippen LogP contribution in [0.15, 0.2) is 47.4 Å². The molecule has 1 rings (SSSR count). The van der Waals surface area contributed by atoms with Gasteiger partial charge in [-0.1, -0.05) is 204 Å². The fourth-order valence-corrected chi connectivity index (χ4v) is 8.02. The average Bonchev–Trinajstić information content (AvgIpc) is 3.21. The molecule has 7 nitrogen and oxygen atoms in total. The molecule has 0 bridgehead atoms. The molecule has 0 saturated heterocycles. The Morgan fingerprint density at radius 1 is 0.458 bits per heavy atom. The van der Waals surface area contributed by atoms with Gasteiger partial charge in [0, 0.05) is 0 Å². The molecular formula is C50H85KO7S. The topological polar surface area (TPSA) is 110 Å². The third kappa shape index (κ3) is 35.4. The van der Waals surface area contributed by atoms with Gasteiger partial charge in [-0.05, 0) is 70.6 Å². The molecule has 0 N–H and O–H groups in total. The van der Waals surface area contributed by atoms with E-state index in [1.807, 2.05) is 0 Å². The van der Waals surface area contributed by atoms with E-state index in [2.05, 4.69) is 38.2 Å². The maximum Gasteiger partial charge on any atom is 1.00 e. The van der Waals surface area contributed by atoms with Crippen LogP contribution in [0.1, 0.15) is 253 Å². The summed E-state index contributed by atoms with van der Waals surface area (Å²) in [7, 11) is -4.82. The zero-order valence-corrected chi connectivity index (χ0v) is 42.2. The van der Waals surface area contributed by atoms with Crippen LogP contribution in [0.25, 0.3) is 0 Å². The van der Waals surface area contributed by atoms with Crippen LogP contribution >= 0.6 is 0 Å². The summed E-state index contributed by atoms with van der Waals surface area (Å²) in [6.45, 7) is 4.56. The average molecular weight is 869 g/mol. The van der Waals surface area contributed by atoms with E-state index in [1.54, 1.807) is 0 Å². The van der Waals surface area contributed by atoms with Gasteiger partial charge in [0.2, 0.25) is 0 Å². The summed E-state index contributed by atoms with van der Waals surface area (Å²) in [6.07, 6.45) is 51.0. The Balaban J connectivity index is 0.0000336. The zero-order valence-electron chi connectivity index (χ0n) is 38.3. The van der Waals surface area contributed by atoms with E-state index in [0.717, 1.165) is 44.2 Å². The summed E-state index contributed by atoms with van der Waals surface area (Å²) in [5, 5.41) is 0. The summed E-state index contributed by atoms with van der Waals surface area (Å²) in [5.41, 5.74) is -0.330. The molecule has 0 aliphatic heterocycles. The molecule has 0 fully saturated rings. The standard InChI is InChI=1S/C50H86O7S.K/c1-3-5-7-9-11-13-15-17-19-21-23-25-27-29-31-33-35-37-39-43-56-49(51)47-42-41-46(58(53,54)55)45-48(47)50(52)57-44-40-38-36-34-32-30-28-26-24-22-20-18-16-14-12-10-8-6-4-2;/h3-6,41-42,45H,7-40,43-44H2,1-2H3,(H,53,54,55);/q;+1/p-1/b5-3+,6-4+;. The number of allylic oxidation sites excluding steroid dienone is 4. The molecule has 0 amide bonds. The van der Waals surface area contributed by atoms with Gasteiger partial charge in [0.1, 0.15) is 10.1 Å². The zero-order chi connectivity index (χ0) is 42.2. The Morgan fingerprint density at radius 2 is 0.729 bits per heavy atom. The third-order valence-corrected chi connectivity index (χ3v) is 12.0. The Bertz CT molecular complexity index is 1310. The van der Waals surface area contributed by atoms with Crippen molar-refractivity contribution in [2.75, 3.05) is 13.2 Å². The van der Waals surface area contributed by atoms with Crippen molar-refractivity contribution in [3.8, 4) is 0 Å². The molecule has 59 heavy (non-hydrogen) atoms. The number of hydrogen-bond donors (Lipinski definition) is 0. The Morgan fingerprint density at radius 3 is 1.02 bits per heavy atom. The number of hydrogen-bond acceptors (Lipinski definition) is 7. The monoisotopic (exact) mass is 869 g/mol. The van der Waals surface area contributed by atoms with Crippen LogP contribution in [0, 0.1) is 0 Å². The minimum atomic E-state index is -4.82. The first-order valence-electron chi connectivity index (χ1n) is 24.0. The van der Waals surface area contributed by atoms with E-state index in [9.17, 15) is 22.6 Å². The number of benzene rings is 1. The molecular weight excluding hydrogens is 784 g/mol. The van der Waals surface area contributed by atoms with E-state index >= 15 is 0 Å². The number of rotatable bonds is 41. The first-order chi connectivity index (χ1) is 28.3. The van der Waals surface area contributed by atoms with Crippen molar-refractivity contribution in [3.05, 3.63) is 53.6 Å². The van der Waals surface area contributed by atoms with E-state index in [1.165, 1.54) is 179 Å². The quantitative estimate of drug-likeness (QED) is 0.0212. The molecule has 0 spiro atoms. The van der Waals surface area contributed by atoms with Gasteiger partial charge in [-0.15, -0.1) is 0 Å². The van der Waals surface area contributed by atoms with E-state index in [0.29, 0.717) is 12.8 Å². The Hall–Kier alpha value is -0.814. The van der Waals surface area contributed by atoms with Crippen LogP contribution in [0.3, 0.4) is 0 Å². The van der Waals surface area contributed by atoms with E-state index in [-0.39, 0.29) is 75.7 Å². The van der Waals surface area contributed by atoms with Gasteiger partial charge in [0.15, 0.2) is 0 Å². The van der Waals surface area contributed by atoms with Gasteiger partial charge in [0.05, 0.1) is 29.2 Å². The number of esters is 2. The summed E-state index contributed by atoms with van der Waals surface area (Å²) in [5.74, 6) is -1.54. The molecule has 0 aliphatic rings. The molecule has 0 radical (unpaired) electrons. The molecule has 0 aliphatic carbocycles. The van der Waals surface area contributed by atoms with Crippen molar-refractivity contribution >= 4 is 22.1 Å². The number of ether oxygens (including phenoxy) is 2. The summed E-state index contributed by atoms with van der Waals surface area (Å²) < 4.78 is 45.9. The first kappa shape index (κ1) is 58.2. The maximum atomic E-state index is 13.0. The molecule has 0 unspecified atom stereocenters. The van der Waals surface area contributed by atoms with Crippen LogP contribution in [0.4, 0.5) is 0 Å². The van der Waals surface area contributed by atoms with Crippen LogP contribution in [-0.4, -0.2) is 38.1 Å². The van der Waals surface area contributed by atoms with Crippen molar-refractivity contribution in [1.82, 2.24) is 0 Å². The largest absolute Gasteiger partial charge is 1.00 e. The molecule has 334 valence electrons. The van der Waals surface area contributed by atoms with Gasteiger partial charge in [0.25, 0.3) is 0 Å². The van der Waals surface area contributed by atoms with Crippen LogP contribution in [0.5, 0.6) is 0 Å². The normalized spacial score (nSPS) is 11.7. The summed E-state index contributed by atoms with van der Waals surface area (Å²) in [6, 6.07) is 3.15. The molecule has 9 heteroatoms. The molecule has 1 aromatic rings. The van der Waals surface area contributed by atoms with Crippen molar-refractivity contribution in [2.24, 2.45) is 0 Å². The number of carbonyl (C=O) groups excluding carboxylic acids is 2. The summed E-state index contributed by atoms with van der Waals surface area (Å²) >= 11 is 0. The van der Waals surface area contributed by atoms with Crippen molar-refractivity contribution in [3.63, 3.8) is 0 Å². The second kappa shape index (κ2) is 42.5. The van der Waals surface area contributed by atoms with Gasteiger partial charge >= 0.3 is 63.3 Å². The van der Waals surface area contributed by atoms with Crippen molar-refractivity contribution in [1.29, 1.82) is 0 Å². The first-order valence-corrected chi connectivity index (χ1v) is 25.4. The van der Waals surface area contributed by atoms with Gasteiger partial charge in [-0.25, -0.2) is 18.0 Å². The molecule has 1 aromatic carbocycles. The summed E-state index contributed by atoms with van der Waals surface area (Å²) in [4.78, 5) is 25.3. The third-order valence-electron chi connectivity index (χ3n) is 11.2. The molecule has 0 aromatic heterocycles. The smallest absolute Gasteiger partial charge is 0.744 e. The SMILES string of the molecule is C/C=C/CCCCCCCCCCCCCCCCCCOC(=O)c1ccc(S(=O)(=O)[O-])cc1C(=O)OCCCCCCCCCCCCCCCCCC/C=C/C.[K+]. The Labute approximate surface area is 405 Å². The second-order valence-corrected chi connectivity index (χ2v) is 17.8. The molecule has 0 heterocycles. The molecule has 0 atom stereocenters. The number of unbranched alkanes of at least 4 members (excludes halogenated alkanes) is 32. The Kier molecular flexibility index (Phi) is 41.9. The second-order valence-electron chi connectivity index (χ2n) is 16.5. The van der Waals surface area contributed by atoms with Crippen LogP contribution in [0.2, 0.25) is 0 Å². The van der Waals surface area contributed by atoms with Crippen LogP contribution in [-0.2, 0) is 19.6 Å². The van der Waals surface area contributed by atoms with Crippen molar-refractivity contribution in [2.45, 2.75) is 237 Å². The van der Waals surface area contributed by atoms with Gasteiger partial charge < -0.3 is 14.0 Å². The van der Waals surface area contributed by atoms with E-state index < -0.39 is 27.0 Å². The maximum absolute atomic E-state index is 13.0. The predicted octanol–water partition coefficient (Wildman–Crippen LogP) is 12.3. The molecule has 0 saturated carbocycles. The van der Waals surface area contributed by atoms with Crippen molar-refractivity contribution < 1.29 is 83.4 Å². The van der Waals surface area contributed by atoms with Crippen LogP contribution < -0.4 is 51.4 Å². The number of carbonyl (C=O) groups is 2. The minimum Gasteiger partial charge on any atom is -0.744 e. The minimum absolute atomic E-state index is 0. The van der Waals surface area contributed by atoms with E-state index in [4.69, 9.17) is 9.47 Å². The fourth-order valence-electron chi connectivity index (χ4n) is 7.52. The fraction of sp³-hybridized carbons (Fsp3) is 0.760. The predicted molar refractivity (Wildman–Crippen MR) is 242 cm³/mol.